The molecule has 5 heteroatoms. The van der Waals surface area contributed by atoms with Gasteiger partial charge >= 0.3 is 0 Å². The molecule has 3 aromatic rings. The van der Waals surface area contributed by atoms with Crippen LogP contribution in [0.3, 0.4) is 0 Å². The molecular weight excluding hydrogens is 364 g/mol. The molecule has 29 heavy (non-hydrogen) atoms. The number of carbonyl (C=O) groups is 1. The third kappa shape index (κ3) is 5.21. The molecule has 2 aromatic carbocycles. The molecule has 4 rings (SSSR count). The van der Waals surface area contributed by atoms with E-state index in [2.05, 4.69) is 17.1 Å². The van der Waals surface area contributed by atoms with Crippen LogP contribution < -0.4 is 10.2 Å². The van der Waals surface area contributed by atoms with Crippen LogP contribution in [-0.4, -0.2) is 29.8 Å². The minimum absolute atomic E-state index is 0.171. The van der Waals surface area contributed by atoms with Gasteiger partial charge in [-0.15, -0.1) is 0 Å². The topological polar surface area (TPSA) is 52.8 Å². The molecule has 1 aliphatic rings. The highest BCUT2D eigenvalue weighted by molar-refractivity contribution is 5.94. The molecule has 0 bridgehead atoms. The van der Waals surface area contributed by atoms with Crippen LogP contribution in [0.4, 0.5) is 0 Å². The van der Waals surface area contributed by atoms with E-state index in [9.17, 15) is 4.79 Å². The van der Waals surface area contributed by atoms with Crippen molar-refractivity contribution in [2.24, 2.45) is 4.99 Å². The van der Waals surface area contributed by atoms with Gasteiger partial charge in [0.2, 0.25) is 0 Å². The maximum Gasteiger partial charge on any atom is 0.278 e. The van der Waals surface area contributed by atoms with Gasteiger partial charge in [-0.25, -0.2) is 0 Å². The van der Waals surface area contributed by atoms with E-state index in [1.807, 2.05) is 47.2 Å². The Morgan fingerprint density at radius 1 is 1.03 bits per heavy atom. The van der Waals surface area contributed by atoms with E-state index >= 15 is 0 Å². The number of hydrogen-bond acceptors (Lipinski definition) is 3. The Hall–Kier alpha value is -3.18. The Kier molecular flexibility index (Phi) is 6.17. The molecule has 148 valence electrons. The Labute approximate surface area is 170 Å². The maximum atomic E-state index is 12.7. The Bertz CT molecular complexity index is 1000. The van der Waals surface area contributed by atoms with Gasteiger partial charge < -0.3 is 14.0 Å². The van der Waals surface area contributed by atoms with Gasteiger partial charge in [-0.2, -0.15) is 4.99 Å². The first kappa shape index (κ1) is 19.2. The van der Waals surface area contributed by atoms with Crippen molar-refractivity contribution >= 4 is 5.91 Å². The lowest BCUT2D eigenvalue weighted by Crippen LogP contribution is -2.22. The molecule has 0 aliphatic carbocycles. The number of pyridine rings is 1. The van der Waals surface area contributed by atoms with Gasteiger partial charge in [0.1, 0.15) is 17.8 Å². The van der Waals surface area contributed by atoms with Crippen molar-refractivity contribution in [2.75, 3.05) is 13.2 Å². The van der Waals surface area contributed by atoms with Crippen LogP contribution in [0.2, 0.25) is 0 Å². The highest BCUT2D eigenvalue weighted by Gasteiger charge is 2.16. The predicted octanol–water partition coefficient (Wildman–Crippen LogP) is 3.84. The molecule has 5 nitrogen and oxygen atoms in total. The van der Waals surface area contributed by atoms with Gasteiger partial charge in [0, 0.05) is 24.9 Å². The molecule has 2 heterocycles. The summed E-state index contributed by atoms with van der Waals surface area (Å²) < 4.78 is 13.3. The molecule has 0 N–H and O–H groups in total. The third-order valence-electron chi connectivity index (χ3n) is 4.89. The van der Waals surface area contributed by atoms with Crippen LogP contribution in [-0.2, 0) is 11.3 Å². The fraction of sp³-hybridized carbons (Fsp3) is 0.250. The van der Waals surface area contributed by atoms with E-state index in [1.54, 1.807) is 24.3 Å². The number of nitrogens with zero attached hydrogens (tertiary/aromatic N) is 2. The molecule has 0 saturated carbocycles. The molecule has 1 fully saturated rings. The fourth-order valence-electron chi connectivity index (χ4n) is 3.31. The van der Waals surface area contributed by atoms with Gasteiger partial charge in [0.05, 0.1) is 6.10 Å². The van der Waals surface area contributed by atoms with Crippen molar-refractivity contribution in [2.45, 2.75) is 25.5 Å². The second-order valence-corrected chi connectivity index (χ2v) is 7.06. The molecule has 0 spiro atoms. The first-order valence-electron chi connectivity index (χ1n) is 9.91. The van der Waals surface area contributed by atoms with Crippen LogP contribution in [0, 0.1) is 0 Å². The van der Waals surface area contributed by atoms with Gasteiger partial charge in [0.25, 0.3) is 5.91 Å². The molecule has 1 amide bonds. The van der Waals surface area contributed by atoms with Crippen LogP contribution in [0.15, 0.2) is 84.0 Å². The van der Waals surface area contributed by atoms with Crippen molar-refractivity contribution in [3.05, 3.63) is 95.6 Å². The van der Waals surface area contributed by atoms with Gasteiger partial charge in [0.15, 0.2) is 0 Å². The zero-order chi connectivity index (χ0) is 19.9. The summed E-state index contributed by atoms with van der Waals surface area (Å²) in [5.41, 5.74) is 2.31. The average Bonchev–Trinajstić information content (AvgIpc) is 3.28. The van der Waals surface area contributed by atoms with Gasteiger partial charge in [-0.1, -0.05) is 36.4 Å². The summed E-state index contributed by atoms with van der Waals surface area (Å²) in [4.78, 5) is 17.0. The second kappa shape index (κ2) is 9.34. The number of rotatable bonds is 6. The summed E-state index contributed by atoms with van der Waals surface area (Å²) in [7, 11) is 0. The molecule has 1 aliphatic heterocycles. The van der Waals surface area contributed by atoms with Crippen LogP contribution >= 0.6 is 0 Å². The maximum absolute atomic E-state index is 12.7. The summed E-state index contributed by atoms with van der Waals surface area (Å²) in [6.45, 7) is 2.01. The van der Waals surface area contributed by atoms with Crippen molar-refractivity contribution in [3.63, 3.8) is 0 Å². The highest BCUT2D eigenvalue weighted by Crippen LogP contribution is 2.17. The minimum atomic E-state index is -0.274. The molecular formula is C24H24N2O3. The van der Waals surface area contributed by atoms with Crippen molar-refractivity contribution in [1.29, 1.82) is 0 Å². The highest BCUT2D eigenvalue weighted by atomic mass is 16.5. The summed E-state index contributed by atoms with van der Waals surface area (Å²) in [6.07, 6.45) is 4.23. The van der Waals surface area contributed by atoms with Crippen molar-refractivity contribution in [1.82, 2.24) is 4.57 Å². The standard InChI is InChI=1S/C24H24N2O3/c27-24(20-11-13-21(14-12-20)29-18-22-9-6-16-28-22)25-23-10-4-5-15-26(23)17-19-7-2-1-3-8-19/h1-5,7-8,10-15,22H,6,9,16-18H2. The Morgan fingerprint density at radius 3 is 2.59 bits per heavy atom. The first-order chi connectivity index (χ1) is 14.3. The number of carbonyl (C=O) groups excluding carboxylic acids is 1. The van der Waals surface area contributed by atoms with E-state index < -0.39 is 0 Å². The van der Waals surface area contributed by atoms with Crippen LogP contribution in [0.5, 0.6) is 5.75 Å². The lowest BCUT2D eigenvalue weighted by molar-refractivity contribution is 0.0679. The molecule has 1 unspecified atom stereocenters. The minimum Gasteiger partial charge on any atom is -0.491 e. The summed E-state index contributed by atoms with van der Waals surface area (Å²) in [6, 6.07) is 22.9. The van der Waals surface area contributed by atoms with Crippen molar-refractivity contribution in [3.8, 4) is 5.75 Å². The lowest BCUT2D eigenvalue weighted by atomic mass is 10.2. The second-order valence-electron chi connectivity index (χ2n) is 7.06. The van der Waals surface area contributed by atoms with E-state index in [0.29, 0.717) is 24.2 Å². The van der Waals surface area contributed by atoms with E-state index in [-0.39, 0.29) is 12.0 Å². The number of aromatic nitrogens is 1. The Balaban J connectivity index is 1.46. The zero-order valence-electron chi connectivity index (χ0n) is 16.2. The Morgan fingerprint density at radius 2 is 1.83 bits per heavy atom. The fourth-order valence-corrected chi connectivity index (χ4v) is 3.31. The average molecular weight is 388 g/mol. The predicted molar refractivity (Wildman–Crippen MR) is 111 cm³/mol. The lowest BCUT2D eigenvalue weighted by Gasteiger charge is -2.11. The zero-order valence-corrected chi connectivity index (χ0v) is 16.2. The molecule has 1 saturated heterocycles. The number of benzene rings is 2. The normalized spacial score (nSPS) is 16.7. The van der Waals surface area contributed by atoms with E-state index in [4.69, 9.17) is 9.47 Å². The summed E-state index contributed by atoms with van der Waals surface area (Å²) in [5, 5.41) is 0. The van der Waals surface area contributed by atoms with Crippen molar-refractivity contribution < 1.29 is 14.3 Å². The monoisotopic (exact) mass is 388 g/mol. The summed E-state index contributed by atoms with van der Waals surface area (Å²) in [5.74, 6) is 0.458. The summed E-state index contributed by atoms with van der Waals surface area (Å²) >= 11 is 0. The molecule has 0 radical (unpaired) electrons. The molecule has 1 aromatic heterocycles. The first-order valence-corrected chi connectivity index (χ1v) is 9.91. The van der Waals surface area contributed by atoms with Crippen LogP contribution in [0.25, 0.3) is 0 Å². The smallest absolute Gasteiger partial charge is 0.278 e. The quantitative estimate of drug-likeness (QED) is 0.645. The van der Waals surface area contributed by atoms with Gasteiger partial charge in [-0.05, 0) is 54.8 Å². The SMILES string of the molecule is O=C(N=c1ccccn1Cc1ccccc1)c1ccc(OCC2CCCO2)cc1. The van der Waals surface area contributed by atoms with Crippen LogP contribution in [0.1, 0.15) is 28.8 Å². The number of hydrogen-bond donors (Lipinski definition) is 0. The number of ether oxygens (including phenoxy) is 2. The van der Waals surface area contributed by atoms with Gasteiger partial charge in [-0.3, -0.25) is 4.79 Å². The third-order valence-corrected chi connectivity index (χ3v) is 4.89. The largest absolute Gasteiger partial charge is 0.491 e. The van der Waals surface area contributed by atoms with E-state index in [0.717, 1.165) is 30.8 Å². The molecule has 1 atom stereocenters. The number of amides is 1. The van der Waals surface area contributed by atoms with E-state index in [1.165, 1.54) is 0 Å².